The maximum absolute atomic E-state index is 8.85. The van der Waals surface area contributed by atoms with Gasteiger partial charge in [-0.1, -0.05) is 0 Å². The molecule has 0 aliphatic carbocycles. The number of anilines is 1. The Morgan fingerprint density at radius 1 is 1.24 bits per heavy atom. The van der Waals surface area contributed by atoms with Crippen molar-refractivity contribution >= 4 is 5.69 Å². The molecule has 0 unspecified atom stereocenters. The molecule has 5 nitrogen and oxygen atoms in total. The lowest BCUT2D eigenvalue weighted by Gasteiger charge is -2.12. The summed E-state index contributed by atoms with van der Waals surface area (Å²) < 4.78 is 12.9. The molecule has 0 amide bonds. The Hall–Kier alpha value is -2.14. The molecule has 2 N–H and O–H groups in total. The number of aliphatic hydroxyl groups is 1. The molecular formula is C16H22N2O3. The average molecular weight is 290 g/mol. The molecular weight excluding hydrogens is 268 g/mol. The summed E-state index contributed by atoms with van der Waals surface area (Å²) in [5.74, 6) is 1.29. The van der Waals surface area contributed by atoms with Crippen molar-refractivity contribution in [3.8, 4) is 11.5 Å². The number of benzene rings is 1. The van der Waals surface area contributed by atoms with Gasteiger partial charge in [0.05, 0.1) is 13.7 Å². The van der Waals surface area contributed by atoms with Gasteiger partial charge in [-0.3, -0.25) is 0 Å². The van der Waals surface area contributed by atoms with E-state index in [1.807, 2.05) is 18.2 Å². The molecule has 0 aliphatic rings. The Kier molecular flexibility index (Phi) is 5.51. The Balaban J connectivity index is 2.02. The molecule has 0 spiro atoms. The molecule has 0 saturated heterocycles. The molecule has 0 bridgehead atoms. The van der Waals surface area contributed by atoms with Crippen molar-refractivity contribution < 1.29 is 14.6 Å². The maximum Gasteiger partial charge on any atom is 0.163 e. The van der Waals surface area contributed by atoms with Crippen molar-refractivity contribution in [2.75, 3.05) is 25.6 Å². The molecule has 1 heterocycles. The van der Waals surface area contributed by atoms with Gasteiger partial charge >= 0.3 is 0 Å². The van der Waals surface area contributed by atoms with Crippen molar-refractivity contribution in [1.29, 1.82) is 0 Å². The molecule has 0 saturated carbocycles. The molecule has 0 aliphatic heterocycles. The second-order valence-electron chi connectivity index (χ2n) is 4.64. The predicted octanol–water partition coefficient (Wildman–Crippen LogP) is 2.50. The van der Waals surface area contributed by atoms with Gasteiger partial charge in [0.15, 0.2) is 11.5 Å². The second kappa shape index (κ2) is 7.59. The highest BCUT2D eigenvalue weighted by Crippen LogP contribution is 2.30. The summed E-state index contributed by atoms with van der Waals surface area (Å²) in [6.45, 7) is 4.07. The summed E-state index contributed by atoms with van der Waals surface area (Å²) in [5, 5.41) is 12.2. The number of methoxy groups -OCH3 is 1. The number of ether oxygens (including phenoxy) is 2. The van der Waals surface area contributed by atoms with Crippen molar-refractivity contribution in [2.45, 2.75) is 20.0 Å². The van der Waals surface area contributed by atoms with Crippen LogP contribution in [0.2, 0.25) is 0 Å². The summed E-state index contributed by atoms with van der Waals surface area (Å²) >= 11 is 0. The fourth-order valence-corrected chi connectivity index (χ4v) is 2.05. The van der Waals surface area contributed by atoms with Gasteiger partial charge in [-0.15, -0.1) is 0 Å². The van der Waals surface area contributed by atoms with Crippen LogP contribution in [0.5, 0.6) is 11.5 Å². The minimum Gasteiger partial charge on any atom is -0.493 e. The van der Waals surface area contributed by atoms with Gasteiger partial charge in [0.1, 0.15) is 6.61 Å². The van der Waals surface area contributed by atoms with Crippen LogP contribution in [-0.4, -0.2) is 30.0 Å². The molecule has 2 rings (SSSR count). The Morgan fingerprint density at radius 2 is 2.10 bits per heavy atom. The van der Waals surface area contributed by atoms with Crippen molar-refractivity contribution in [3.63, 3.8) is 0 Å². The van der Waals surface area contributed by atoms with E-state index in [1.165, 1.54) is 5.56 Å². The van der Waals surface area contributed by atoms with Gasteiger partial charge in [-0.05, 0) is 30.7 Å². The molecule has 1 aromatic carbocycles. The number of rotatable bonds is 8. The zero-order valence-electron chi connectivity index (χ0n) is 12.5. The summed E-state index contributed by atoms with van der Waals surface area (Å²) in [4.78, 5) is 0. The van der Waals surface area contributed by atoms with E-state index in [1.54, 1.807) is 7.11 Å². The van der Waals surface area contributed by atoms with Gasteiger partial charge in [0.2, 0.25) is 0 Å². The number of aromatic nitrogens is 1. The molecule has 5 heteroatoms. The first kappa shape index (κ1) is 15.3. The van der Waals surface area contributed by atoms with Gasteiger partial charge in [0.25, 0.3) is 0 Å². The number of hydrogen-bond acceptors (Lipinski definition) is 4. The van der Waals surface area contributed by atoms with Crippen LogP contribution in [-0.2, 0) is 13.1 Å². The van der Waals surface area contributed by atoms with E-state index in [-0.39, 0.29) is 13.2 Å². The van der Waals surface area contributed by atoms with E-state index >= 15 is 0 Å². The molecule has 114 valence electrons. The first-order valence-corrected chi connectivity index (χ1v) is 7.07. The Labute approximate surface area is 125 Å². The average Bonchev–Trinajstić information content (AvgIpc) is 2.99. The van der Waals surface area contributed by atoms with E-state index < -0.39 is 0 Å². The molecule has 21 heavy (non-hydrogen) atoms. The fourth-order valence-electron chi connectivity index (χ4n) is 2.05. The van der Waals surface area contributed by atoms with E-state index in [0.717, 1.165) is 18.8 Å². The number of nitrogens with one attached hydrogen (secondary N) is 1. The summed E-state index contributed by atoms with van der Waals surface area (Å²) in [6, 6.07) is 7.78. The Bertz CT molecular complexity index is 566. The number of aryl methyl sites for hydroxylation is 1. The number of nitrogens with zero attached hydrogens (tertiary/aromatic N) is 1. The predicted molar refractivity (Wildman–Crippen MR) is 83.0 cm³/mol. The van der Waals surface area contributed by atoms with E-state index in [2.05, 4.69) is 35.3 Å². The second-order valence-corrected chi connectivity index (χ2v) is 4.64. The van der Waals surface area contributed by atoms with Gasteiger partial charge < -0.3 is 24.5 Å². The largest absolute Gasteiger partial charge is 0.493 e. The molecule has 0 fully saturated rings. The zero-order valence-corrected chi connectivity index (χ0v) is 12.5. The fraction of sp³-hybridized carbons (Fsp3) is 0.375. The molecule has 0 radical (unpaired) electrons. The highest BCUT2D eigenvalue weighted by Gasteiger charge is 2.06. The van der Waals surface area contributed by atoms with Crippen molar-refractivity contribution in [1.82, 2.24) is 4.57 Å². The third kappa shape index (κ3) is 4.16. The van der Waals surface area contributed by atoms with Crippen LogP contribution >= 0.6 is 0 Å². The minimum atomic E-state index is -0.0225. The lowest BCUT2D eigenvalue weighted by atomic mass is 10.2. The van der Waals surface area contributed by atoms with Crippen LogP contribution in [0, 0.1) is 0 Å². The van der Waals surface area contributed by atoms with E-state index in [9.17, 15) is 0 Å². The molecule has 0 atom stereocenters. The number of aliphatic hydroxyl groups excluding tert-OH is 1. The molecule has 1 aromatic heterocycles. The lowest BCUT2D eigenvalue weighted by molar-refractivity contribution is 0.196. The summed E-state index contributed by atoms with van der Waals surface area (Å²) in [6.07, 6.45) is 4.19. The van der Waals surface area contributed by atoms with Crippen LogP contribution in [0.3, 0.4) is 0 Å². The Morgan fingerprint density at radius 3 is 2.76 bits per heavy atom. The summed E-state index contributed by atoms with van der Waals surface area (Å²) in [7, 11) is 1.60. The van der Waals surface area contributed by atoms with Crippen molar-refractivity contribution in [3.05, 3.63) is 42.2 Å². The van der Waals surface area contributed by atoms with Crippen LogP contribution in [0.15, 0.2) is 36.7 Å². The first-order chi connectivity index (χ1) is 10.3. The van der Waals surface area contributed by atoms with Crippen LogP contribution in [0.4, 0.5) is 5.69 Å². The van der Waals surface area contributed by atoms with Gasteiger partial charge in [-0.25, -0.2) is 0 Å². The lowest BCUT2D eigenvalue weighted by Crippen LogP contribution is -2.04. The zero-order chi connectivity index (χ0) is 15.1. The van der Waals surface area contributed by atoms with E-state index in [0.29, 0.717) is 11.5 Å². The topological polar surface area (TPSA) is 55.7 Å². The van der Waals surface area contributed by atoms with Crippen molar-refractivity contribution in [2.24, 2.45) is 0 Å². The highest BCUT2D eigenvalue weighted by atomic mass is 16.5. The van der Waals surface area contributed by atoms with Crippen LogP contribution in [0.25, 0.3) is 0 Å². The van der Waals surface area contributed by atoms with Gasteiger partial charge in [0, 0.05) is 37.2 Å². The van der Waals surface area contributed by atoms with Crippen LogP contribution in [0.1, 0.15) is 12.5 Å². The molecule has 2 aromatic rings. The number of hydrogen-bond donors (Lipinski definition) is 2. The van der Waals surface area contributed by atoms with Gasteiger partial charge in [-0.2, -0.15) is 0 Å². The summed E-state index contributed by atoms with van der Waals surface area (Å²) in [5.41, 5.74) is 2.18. The minimum absolute atomic E-state index is 0.0225. The quantitative estimate of drug-likeness (QED) is 0.784. The highest BCUT2D eigenvalue weighted by molar-refractivity contribution is 5.55. The smallest absolute Gasteiger partial charge is 0.163 e. The van der Waals surface area contributed by atoms with Crippen LogP contribution < -0.4 is 14.8 Å². The monoisotopic (exact) mass is 290 g/mol. The first-order valence-electron chi connectivity index (χ1n) is 7.07. The third-order valence-corrected chi connectivity index (χ3v) is 3.19. The standard InChI is InChI=1S/C16H22N2O3/c1-3-18-7-6-13(12-18)11-17-14-4-5-15(20-2)16(10-14)21-9-8-19/h4-7,10,12,17,19H,3,8-9,11H2,1-2H3. The SMILES string of the molecule is CCn1ccc(CNc2ccc(OC)c(OCCO)c2)c1. The maximum atomic E-state index is 8.85. The third-order valence-electron chi connectivity index (χ3n) is 3.19. The van der Waals surface area contributed by atoms with E-state index in [4.69, 9.17) is 14.6 Å². The normalized spacial score (nSPS) is 10.4.